The first-order valence-corrected chi connectivity index (χ1v) is 8.73. The van der Waals surface area contributed by atoms with Gasteiger partial charge in [0.15, 0.2) is 11.5 Å². The molecule has 0 aliphatic carbocycles. The summed E-state index contributed by atoms with van der Waals surface area (Å²) in [6.45, 7) is 4.10. The molecule has 24 heavy (non-hydrogen) atoms. The van der Waals surface area contributed by atoms with Gasteiger partial charge in [-0.15, -0.1) is 11.8 Å². The zero-order valence-electron chi connectivity index (χ0n) is 13.6. The van der Waals surface area contributed by atoms with E-state index in [0.717, 1.165) is 21.9 Å². The van der Waals surface area contributed by atoms with Crippen LogP contribution < -0.4 is 5.32 Å². The van der Waals surface area contributed by atoms with Crippen LogP contribution in [-0.4, -0.2) is 16.8 Å². The highest BCUT2D eigenvalue weighted by molar-refractivity contribution is 7.99. The average molecular weight is 338 g/mol. The van der Waals surface area contributed by atoms with Crippen LogP contribution in [-0.2, 0) is 0 Å². The molecule has 0 spiro atoms. The Morgan fingerprint density at radius 2 is 1.92 bits per heavy atom. The Hall–Kier alpha value is -2.53. The van der Waals surface area contributed by atoms with Crippen LogP contribution in [0.2, 0.25) is 0 Å². The Labute approximate surface area is 145 Å². The summed E-state index contributed by atoms with van der Waals surface area (Å²) in [5.41, 5.74) is 3.12. The summed E-state index contributed by atoms with van der Waals surface area (Å²) >= 11 is 1.68. The van der Waals surface area contributed by atoms with Gasteiger partial charge < -0.3 is 9.84 Å². The van der Waals surface area contributed by atoms with Gasteiger partial charge in [-0.05, 0) is 24.8 Å². The van der Waals surface area contributed by atoms with Crippen LogP contribution in [0.1, 0.15) is 23.0 Å². The number of amides is 1. The quantitative estimate of drug-likeness (QED) is 0.664. The van der Waals surface area contributed by atoms with E-state index in [0.29, 0.717) is 5.76 Å². The maximum atomic E-state index is 12.4. The van der Waals surface area contributed by atoms with Crippen LogP contribution >= 0.6 is 11.8 Å². The van der Waals surface area contributed by atoms with Crippen molar-refractivity contribution in [3.8, 4) is 11.3 Å². The first-order valence-electron chi connectivity index (χ1n) is 7.74. The van der Waals surface area contributed by atoms with E-state index in [9.17, 15) is 4.79 Å². The number of carbonyl (C=O) groups is 1. The molecule has 5 heteroatoms. The zero-order chi connectivity index (χ0) is 16.9. The van der Waals surface area contributed by atoms with Crippen molar-refractivity contribution in [3.63, 3.8) is 0 Å². The smallest absolute Gasteiger partial charge is 0.277 e. The van der Waals surface area contributed by atoms with Crippen molar-refractivity contribution in [2.45, 2.75) is 18.7 Å². The van der Waals surface area contributed by atoms with Crippen molar-refractivity contribution in [2.75, 3.05) is 11.1 Å². The van der Waals surface area contributed by atoms with Crippen LogP contribution in [0.5, 0.6) is 0 Å². The van der Waals surface area contributed by atoms with Gasteiger partial charge in [0.05, 0.1) is 5.69 Å². The van der Waals surface area contributed by atoms with Gasteiger partial charge in [-0.25, -0.2) is 0 Å². The van der Waals surface area contributed by atoms with Gasteiger partial charge in [0.1, 0.15) is 0 Å². The number of benzene rings is 2. The second-order valence-electron chi connectivity index (χ2n) is 5.33. The molecule has 2 aromatic carbocycles. The molecule has 1 aromatic heterocycles. The number of aryl methyl sites for hydroxylation is 1. The number of carbonyl (C=O) groups excluding carboxylic acids is 1. The Morgan fingerprint density at radius 3 is 2.67 bits per heavy atom. The van der Waals surface area contributed by atoms with Gasteiger partial charge >= 0.3 is 0 Å². The number of para-hydroxylation sites is 1. The predicted octanol–water partition coefficient (Wildman–Crippen LogP) is 5.01. The molecule has 1 N–H and O–H groups in total. The monoisotopic (exact) mass is 338 g/mol. The summed E-state index contributed by atoms with van der Waals surface area (Å²) in [5.74, 6) is 1.24. The summed E-state index contributed by atoms with van der Waals surface area (Å²) in [5, 5.41) is 6.80. The van der Waals surface area contributed by atoms with Gasteiger partial charge in [0, 0.05) is 16.5 Å². The highest BCUT2D eigenvalue weighted by atomic mass is 32.2. The molecule has 1 amide bonds. The number of nitrogens with zero attached hydrogens (tertiary/aromatic N) is 1. The second-order valence-corrected chi connectivity index (χ2v) is 6.63. The number of nitrogens with one attached hydrogen (secondary N) is 1. The SMILES string of the molecule is CCSc1ccccc1NC(=O)c1cc(-c2ccc(C)cc2)on1. The standard InChI is InChI=1S/C19H18N2O2S/c1-3-24-18-7-5-4-6-15(18)20-19(22)16-12-17(23-21-16)14-10-8-13(2)9-11-14/h4-12H,3H2,1-2H3,(H,20,22). The number of thioether (sulfide) groups is 1. The number of anilines is 1. The summed E-state index contributed by atoms with van der Waals surface area (Å²) in [7, 11) is 0. The van der Waals surface area contributed by atoms with Crippen molar-refractivity contribution < 1.29 is 9.32 Å². The maximum absolute atomic E-state index is 12.4. The van der Waals surface area contributed by atoms with E-state index < -0.39 is 0 Å². The second kappa shape index (κ2) is 7.36. The van der Waals surface area contributed by atoms with E-state index in [2.05, 4.69) is 17.4 Å². The lowest BCUT2D eigenvalue weighted by atomic mass is 10.1. The van der Waals surface area contributed by atoms with Gasteiger partial charge in [-0.2, -0.15) is 0 Å². The van der Waals surface area contributed by atoms with E-state index in [1.165, 1.54) is 5.56 Å². The molecule has 4 nitrogen and oxygen atoms in total. The fraction of sp³-hybridized carbons (Fsp3) is 0.158. The van der Waals surface area contributed by atoms with Crippen LogP contribution in [0.3, 0.4) is 0 Å². The first-order chi connectivity index (χ1) is 11.7. The molecule has 3 aromatic rings. The minimum Gasteiger partial charge on any atom is -0.355 e. The van der Waals surface area contributed by atoms with E-state index in [-0.39, 0.29) is 11.6 Å². The molecule has 0 unspecified atom stereocenters. The van der Waals surface area contributed by atoms with E-state index >= 15 is 0 Å². The lowest BCUT2D eigenvalue weighted by molar-refractivity contribution is 0.101. The van der Waals surface area contributed by atoms with Crippen LogP contribution in [0.4, 0.5) is 5.69 Å². The zero-order valence-corrected chi connectivity index (χ0v) is 14.4. The van der Waals surface area contributed by atoms with E-state index in [1.54, 1.807) is 17.8 Å². The molecule has 0 radical (unpaired) electrons. The summed E-state index contributed by atoms with van der Waals surface area (Å²) in [6, 6.07) is 17.3. The summed E-state index contributed by atoms with van der Waals surface area (Å²) < 4.78 is 5.31. The first kappa shape index (κ1) is 16.3. The molecule has 3 rings (SSSR count). The average Bonchev–Trinajstić information content (AvgIpc) is 3.08. The predicted molar refractivity (Wildman–Crippen MR) is 97.5 cm³/mol. The fourth-order valence-electron chi connectivity index (χ4n) is 2.27. The van der Waals surface area contributed by atoms with Crippen LogP contribution in [0.15, 0.2) is 64.0 Å². The van der Waals surface area contributed by atoms with Gasteiger partial charge in [-0.3, -0.25) is 4.79 Å². The Balaban J connectivity index is 1.78. The molecule has 0 atom stereocenters. The Bertz CT molecular complexity index is 841. The fourth-order valence-corrected chi connectivity index (χ4v) is 3.03. The molecule has 122 valence electrons. The summed E-state index contributed by atoms with van der Waals surface area (Å²) in [4.78, 5) is 13.5. The number of rotatable bonds is 5. The van der Waals surface area contributed by atoms with Gasteiger partial charge in [0.25, 0.3) is 5.91 Å². The van der Waals surface area contributed by atoms with E-state index in [1.807, 2.05) is 55.5 Å². The molecule has 0 fully saturated rings. The van der Waals surface area contributed by atoms with Crippen molar-refractivity contribution in [1.82, 2.24) is 5.16 Å². The maximum Gasteiger partial charge on any atom is 0.277 e. The van der Waals surface area contributed by atoms with E-state index in [4.69, 9.17) is 4.52 Å². The van der Waals surface area contributed by atoms with Crippen molar-refractivity contribution in [2.24, 2.45) is 0 Å². The third-order valence-electron chi connectivity index (χ3n) is 3.51. The summed E-state index contributed by atoms with van der Waals surface area (Å²) in [6.07, 6.45) is 0. The normalized spacial score (nSPS) is 10.6. The molecule has 0 aliphatic heterocycles. The minimum atomic E-state index is -0.277. The highest BCUT2D eigenvalue weighted by Crippen LogP contribution is 2.27. The lowest BCUT2D eigenvalue weighted by Gasteiger charge is -2.08. The molecule has 0 saturated carbocycles. The number of hydrogen-bond acceptors (Lipinski definition) is 4. The van der Waals surface area contributed by atoms with Gasteiger partial charge in [-0.1, -0.05) is 54.0 Å². The molecule has 0 aliphatic rings. The Morgan fingerprint density at radius 1 is 1.17 bits per heavy atom. The van der Waals surface area contributed by atoms with Crippen LogP contribution in [0.25, 0.3) is 11.3 Å². The third kappa shape index (κ3) is 3.68. The van der Waals surface area contributed by atoms with Crippen molar-refractivity contribution in [3.05, 3.63) is 65.9 Å². The Kier molecular flexibility index (Phi) is 5.01. The van der Waals surface area contributed by atoms with Gasteiger partial charge in [0.2, 0.25) is 0 Å². The van der Waals surface area contributed by atoms with Crippen molar-refractivity contribution >= 4 is 23.4 Å². The molecule has 0 saturated heterocycles. The topological polar surface area (TPSA) is 55.1 Å². The molecular weight excluding hydrogens is 320 g/mol. The number of aromatic nitrogens is 1. The largest absolute Gasteiger partial charge is 0.355 e. The lowest BCUT2D eigenvalue weighted by Crippen LogP contribution is -2.12. The number of hydrogen-bond donors (Lipinski definition) is 1. The minimum absolute atomic E-state index is 0.266. The molecular formula is C19H18N2O2S. The molecule has 0 bridgehead atoms. The molecule has 1 heterocycles. The van der Waals surface area contributed by atoms with Crippen molar-refractivity contribution in [1.29, 1.82) is 0 Å². The van der Waals surface area contributed by atoms with Crippen LogP contribution in [0, 0.1) is 6.92 Å². The third-order valence-corrected chi connectivity index (χ3v) is 4.47. The highest BCUT2D eigenvalue weighted by Gasteiger charge is 2.15.